The number of phenolic OH excluding ortho intramolecular Hbond substituents is 1. The quantitative estimate of drug-likeness (QED) is 0.683. The zero-order valence-electron chi connectivity index (χ0n) is 13.0. The second-order valence-corrected chi connectivity index (χ2v) is 6.46. The van der Waals surface area contributed by atoms with E-state index in [1.807, 2.05) is 44.2 Å². The van der Waals surface area contributed by atoms with Gasteiger partial charge < -0.3 is 5.11 Å². The molecule has 0 spiro atoms. The summed E-state index contributed by atoms with van der Waals surface area (Å²) >= 11 is 1.52. The lowest BCUT2D eigenvalue weighted by atomic mass is 10.0. The van der Waals surface area contributed by atoms with Gasteiger partial charge in [0.1, 0.15) is 16.8 Å². The number of aromatic hydroxyl groups is 1. The van der Waals surface area contributed by atoms with Gasteiger partial charge >= 0.3 is 0 Å². The molecule has 4 heteroatoms. The summed E-state index contributed by atoms with van der Waals surface area (Å²) in [5, 5.41) is 22.3. The van der Waals surface area contributed by atoms with Crippen LogP contribution in [0.3, 0.4) is 0 Å². The summed E-state index contributed by atoms with van der Waals surface area (Å²) < 4.78 is 0. The molecule has 0 amide bonds. The van der Waals surface area contributed by atoms with Gasteiger partial charge in [-0.3, -0.25) is 0 Å². The van der Waals surface area contributed by atoms with E-state index in [1.54, 1.807) is 12.3 Å². The lowest BCUT2D eigenvalue weighted by molar-refractivity contribution is 0.475. The summed E-state index contributed by atoms with van der Waals surface area (Å²) in [6.07, 6.45) is 2.48. The van der Waals surface area contributed by atoms with Gasteiger partial charge in [0.25, 0.3) is 0 Å². The molecule has 3 nitrogen and oxygen atoms in total. The van der Waals surface area contributed by atoms with Crippen molar-refractivity contribution in [1.82, 2.24) is 0 Å². The Balaban J connectivity index is 2.12. The van der Waals surface area contributed by atoms with Crippen molar-refractivity contribution in [3.8, 4) is 11.8 Å². The molecule has 1 aromatic heterocycles. The Bertz CT molecular complexity index is 948. The number of phenols is 1. The molecule has 0 saturated heterocycles. The smallest absolute Gasteiger partial charge is 0.134 e. The minimum atomic E-state index is 0.190. The maximum atomic E-state index is 10.2. The third-order valence-corrected chi connectivity index (χ3v) is 4.97. The average Bonchev–Trinajstić information content (AvgIpc) is 2.88. The Kier molecular flexibility index (Phi) is 4.14. The van der Waals surface area contributed by atoms with Crippen LogP contribution in [0.2, 0.25) is 0 Å². The van der Waals surface area contributed by atoms with E-state index in [2.05, 4.69) is 11.1 Å². The second-order valence-electron chi connectivity index (χ2n) is 5.26. The fraction of sp³-hybridized carbons (Fsp3) is 0.158. The number of hydrogen-bond donors (Lipinski definition) is 1. The first-order valence-electron chi connectivity index (χ1n) is 7.42. The van der Waals surface area contributed by atoms with Crippen molar-refractivity contribution in [2.45, 2.75) is 20.3 Å². The number of nitrogens with zero attached hydrogens (tertiary/aromatic N) is 2. The third kappa shape index (κ3) is 2.71. The molecule has 1 N–H and O–H groups in total. The number of nitriles is 1. The molecule has 0 bridgehead atoms. The van der Waals surface area contributed by atoms with Crippen LogP contribution in [0.4, 0.5) is 5.00 Å². The normalized spacial score (nSPS) is 11.2. The van der Waals surface area contributed by atoms with Crippen molar-refractivity contribution >= 4 is 33.3 Å². The first-order chi connectivity index (χ1) is 11.2. The van der Waals surface area contributed by atoms with E-state index in [9.17, 15) is 10.4 Å². The summed E-state index contributed by atoms with van der Waals surface area (Å²) in [7, 11) is 0. The maximum absolute atomic E-state index is 10.2. The lowest BCUT2D eigenvalue weighted by Crippen LogP contribution is -1.86. The molecule has 114 valence electrons. The monoisotopic (exact) mass is 320 g/mol. The van der Waals surface area contributed by atoms with E-state index in [4.69, 9.17) is 0 Å². The zero-order valence-corrected chi connectivity index (χ0v) is 13.8. The number of aliphatic imine (C=N–C) groups is 1. The molecule has 1 heterocycles. The molecule has 0 saturated carbocycles. The highest BCUT2D eigenvalue weighted by Gasteiger charge is 2.13. The van der Waals surface area contributed by atoms with E-state index >= 15 is 0 Å². The predicted octanol–water partition coefficient (Wildman–Crippen LogP) is 5.10. The SMILES string of the molecule is CCc1c(C)sc(/N=C/c2c(O)ccc3ccccc23)c1C#N. The van der Waals surface area contributed by atoms with Gasteiger partial charge in [0, 0.05) is 16.7 Å². The molecule has 0 aliphatic carbocycles. The van der Waals surface area contributed by atoms with Crippen molar-refractivity contribution in [2.24, 2.45) is 4.99 Å². The highest BCUT2D eigenvalue weighted by atomic mass is 32.1. The van der Waals surface area contributed by atoms with Crippen molar-refractivity contribution in [1.29, 1.82) is 5.26 Å². The standard InChI is InChI=1S/C19H16N2OS/c1-3-14-12(2)23-19(16(14)10-20)21-11-17-15-7-5-4-6-13(15)8-9-18(17)22/h4-9,11,22H,3H2,1-2H3/b21-11+. The van der Waals surface area contributed by atoms with E-state index in [0.717, 1.165) is 27.6 Å². The van der Waals surface area contributed by atoms with Gasteiger partial charge in [-0.1, -0.05) is 37.3 Å². The van der Waals surface area contributed by atoms with Gasteiger partial charge in [0.15, 0.2) is 0 Å². The highest BCUT2D eigenvalue weighted by molar-refractivity contribution is 7.16. The number of rotatable bonds is 3. The molecule has 2 aromatic carbocycles. The van der Waals surface area contributed by atoms with Crippen LogP contribution in [-0.4, -0.2) is 11.3 Å². The summed E-state index contributed by atoms with van der Waals surface area (Å²) in [5.41, 5.74) is 2.38. The average molecular weight is 320 g/mol. The van der Waals surface area contributed by atoms with E-state index in [0.29, 0.717) is 16.1 Å². The summed E-state index contributed by atoms with van der Waals surface area (Å²) in [6, 6.07) is 13.7. The van der Waals surface area contributed by atoms with Crippen molar-refractivity contribution in [3.05, 3.63) is 58.0 Å². The molecule has 0 aliphatic heterocycles. The van der Waals surface area contributed by atoms with Crippen LogP contribution >= 0.6 is 11.3 Å². The number of thiophene rings is 1. The van der Waals surface area contributed by atoms with Crippen LogP contribution in [0.25, 0.3) is 10.8 Å². The molecular weight excluding hydrogens is 304 g/mol. The fourth-order valence-electron chi connectivity index (χ4n) is 2.74. The van der Waals surface area contributed by atoms with Crippen LogP contribution in [0.15, 0.2) is 41.4 Å². The van der Waals surface area contributed by atoms with Gasteiger partial charge in [-0.25, -0.2) is 4.99 Å². The Morgan fingerprint density at radius 1 is 1.26 bits per heavy atom. The number of hydrogen-bond acceptors (Lipinski definition) is 4. The topological polar surface area (TPSA) is 56.4 Å². The van der Waals surface area contributed by atoms with Crippen LogP contribution in [0.5, 0.6) is 5.75 Å². The van der Waals surface area contributed by atoms with Crippen LogP contribution in [0.1, 0.15) is 28.5 Å². The fourth-order valence-corrected chi connectivity index (χ4v) is 3.77. The first-order valence-corrected chi connectivity index (χ1v) is 8.24. The van der Waals surface area contributed by atoms with Gasteiger partial charge in [-0.05, 0) is 35.7 Å². The van der Waals surface area contributed by atoms with Gasteiger partial charge in [0.2, 0.25) is 0 Å². The lowest BCUT2D eigenvalue weighted by Gasteiger charge is -2.04. The molecular formula is C19H16N2OS. The maximum Gasteiger partial charge on any atom is 0.134 e. The van der Waals surface area contributed by atoms with E-state index < -0.39 is 0 Å². The Morgan fingerprint density at radius 3 is 2.78 bits per heavy atom. The molecule has 3 rings (SSSR count). The molecule has 0 unspecified atom stereocenters. The summed E-state index contributed by atoms with van der Waals surface area (Å²) in [4.78, 5) is 5.62. The number of fused-ring (bicyclic) bond motifs is 1. The predicted molar refractivity (Wildman–Crippen MR) is 96.0 cm³/mol. The minimum absolute atomic E-state index is 0.190. The molecule has 23 heavy (non-hydrogen) atoms. The first kappa shape index (κ1) is 15.3. The van der Waals surface area contributed by atoms with Crippen molar-refractivity contribution < 1.29 is 5.11 Å². The summed E-state index contributed by atoms with van der Waals surface area (Å²) in [5.74, 6) is 0.190. The number of aryl methyl sites for hydroxylation is 1. The Hall–Kier alpha value is -2.64. The third-order valence-electron chi connectivity index (χ3n) is 3.91. The molecule has 3 aromatic rings. The largest absolute Gasteiger partial charge is 0.507 e. The van der Waals surface area contributed by atoms with Crippen LogP contribution in [0, 0.1) is 18.3 Å². The van der Waals surface area contributed by atoms with Gasteiger partial charge in [-0.15, -0.1) is 11.3 Å². The van der Waals surface area contributed by atoms with Crippen LogP contribution in [-0.2, 0) is 6.42 Å². The van der Waals surface area contributed by atoms with Crippen LogP contribution < -0.4 is 0 Å². The minimum Gasteiger partial charge on any atom is -0.507 e. The van der Waals surface area contributed by atoms with Crippen molar-refractivity contribution in [2.75, 3.05) is 0 Å². The second kappa shape index (κ2) is 6.23. The Labute approximate surface area is 139 Å². The Morgan fingerprint density at radius 2 is 2.04 bits per heavy atom. The highest BCUT2D eigenvalue weighted by Crippen LogP contribution is 2.35. The van der Waals surface area contributed by atoms with Gasteiger partial charge in [0.05, 0.1) is 5.56 Å². The zero-order chi connectivity index (χ0) is 16.4. The van der Waals surface area contributed by atoms with E-state index in [-0.39, 0.29) is 5.75 Å². The summed E-state index contributed by atoms with van der Waals surface area (Å²) in [6.45, 7) is 4.05. The van der Waals surface area contributed by atoms with E-state index in [1.165, 1.54) is 11.3 Å². The molecule has 0 aliphatic rings. The molecule has 0 fully saturated rings. The van der Waals surface area contributed by atoms with Crippen molar-refractivity contribution in [3.63, 3.8) is 0 Å². The van der Waals surface area contributed by atoms with Gasteiger partial charge in [-0.2, -0.15) is 5.26 Å². The molecule has 0 radical (unpaired) electrons. The molecule has 0 atom stereocenters. The number of benzene rings is 2.